The number of hydrogen-bond acceptors (Lipinski definition) is 4. The van der Waals surface area contributed by atoms with Crippen molar-refractivity contribution in [1.82, 2.24) is 10.1 Å². The molecule has 2 aromatic rings. The molecule has 0 radical (unpaired) electrons. The van der Waals surface area contributed by atoms with E-state index in [1.54, 1.807) is 0 Å². The third kappa shape index (κ3) is 2.59. The molecule has 0 amide bonds. The van der Waals surface area contributed by atoms with Crippen molar-refractivity contribution in [2.45, 2.75) is 31.7 Å². The first-order valence-electron chi connectivity index (χ1n) is 6.45. The lowest BCUT2D eigenvalue weighted by Gasteiger charge is -2.01. The summed E-state index contributed by atoms with van der Waals surface area (Å²) in [6, 6.07) is 10.3. The van der Waals surface area contributed by atoms with Crippen LogP contribution in [-0.4, -0.2) is 10.1 Å². The zero-order valence-corrected chi connectivity index (χ0v) is 10.2. The summed E-state index contributed by atoms with van der Waals surface area (Å²) in [5, 5.41) is 3.98. The Kier molecular flexibility index (Phi) is 3.11. The van der Waals surface area contributed by atoms with Gasteiger partial charge in [-0.15, -0.1) is 0 Å². The van der Waals surface area contributed by atoms with Crippen molar-refractivity contribution in [3.8, 4) is 0 Å². The lowest BCUT2D eigenvalue weighted by Crippen LogP contribution is -2.14. The molecule has 1 aromatic carbocycles. The third-order valence-electron chi connectivity index (χ3n) is 3.38. The fourth-order valence-electron chi connectivity index (χ4n) is 2.07. The highest BCUT2D eigenvalue weighted by atomic mass is 16.5. The second-order valence-corrected chi connectivity index (χ2v) is 4.90. The second-order valence-electron chi connectivity index (χ2n) is 4.90. The summed E-state index contributed by atoms with van der Waals surface area (Å²) < 4.78 is 5.24. The fraction of sp³-hybridized carbons (Fsp3) is 0.429. The molecule has 1 unspecified atom stereocenters. The molecule has 1 aromatic heterocycles. The minimum absolute atomic E-state index is 0.0424. The maximum atomic E-state index is 6.04. The van der Waals surface area contributed by atoms with E-state index in [4.69, 9.17) is 10.3 Å². The number of rotatable bonds is 5. The van der Waals surface area contributed by atoms with Gasteiger partial charge >= 0.3 is 0 Å². The number of nitrogens with zero attached hydrogens (tertiary/aromatic N) is 2. The van der Waals surface area contributed by atoms with Gasteiger partial charge in [-0.1, -0.05) is 35.5 Å². The van der Waals surface area contributed by atoms with Crippen molar-refractivity contribution in [1.29, 1.82) is 0 Å². The Hall–Kier alpha value is -1.68. The SMILES string of the molecule is NC(c1noc(CCc2ccccc2)n1)C1CC1. The Bertz CT molecular complexity index is 505. The first-order chi connectivity index (χ1) is 8.83. The van der Waals surface area contributed by atoms with Gasteiger partial charge in [0.25, 0.3) is 0 Å². The average Bonchev–Trinajstić information content (AvgIpc) is 3.15. The van der Waals surface area contributed by atoms with Crippen molar-refractivity contribution >= 4 is 0 Å². The van der Waals surface area contributed by atoms with Gasteiger partial charge in [0.15, 0.2) is 5.82 Å². The topological polar surface area (TPSA) is 64.9 Å². The first-order valence-corrected chi connectivity index (χ1v) is 6.45. The largest absolute Gasteiger partial charge is 0.339 e. The van der Waals surface area contributed by atoms with E-state index in [1.807, 2.05) is 18.2 Å². The van der Waals surface area contributed by atoms with Gasteiger partial charge in [-0.05, 0) is 30.7 Å². The fourth-order valence-corrected chi connectivity index (χ4v) is 2.07. The van der Waals surface area contributed by atoms with E-state index in [0.717, 1.165) is 12.8 Å². The quantitative estimate of drug-likeness (QED) is 0.874. The van der Waals surface area contributed by atoms with Crippen molar-refractivity contribution in [2.24, 2.45) is 11.7 Å². The highest BCUT2D eigenvalue weighted by Gasteiger charge is 2.32. The maximum Gasteiger partial charge on any atom is 0.227 e. The molecule has 1 saturated carbocycles. The molecular formula is C14H17N3O. The van der Waals surface area contributed by atoms with E-state index < -0.39 is 0 Å². The summed E-state index contributed by atoms with van der Waals surface area (Å²) in [5.74, 6) is 1.91. The molecule has 3 rings (SSSR count). The molecule has 0 saturated heterocycles. The molecule has 1 aliphatic carbocycles. The molecule has 1 heterocycles. The molecule has 0 bridgehead atoms. The number of aromatic nitrogens is 2. The number of aryl methyl sites for hydroxylation is 2. The average molecular weight is 243 g/mol. The predicted molar refractivity (Wildman–Crippen MR) is 67.8 cm³/mol. The van der Waals surface area contributed by atoms with Crippen LogP contribution in [0, 0.1) is 5.92 Å². The smallest absolute Gasteiger partial charge is 0.227 e. The zero-order valence-electron chi connectivity index (χ0n) is 10.2. The summed E-state index contributed by atoms with van der Waals surface area (Å²) in [7, 11) is 0. The second kappa shape index (κ2) is 4.90. The van der Waals surface area contributed by atoms with E-state index in [2.05, 4.69) is 22.3 Å². The summed E-state index contributed by atoms with van der Waals surface area (Å²) in [6.45, 7) is 0. The molecule has 1 aliphatic rings. The van der Waals surface area contributed by atoms with E-state index in [1.165, 1.54) is 18.4 Å². The summed E-state index contributed by atoms with van der Waals surface area (Å²) in [6.07, 6.45) is 4.07. The molecule has 1 atom stereocenters. The van der Waals surface area contributed by atoms with Crippen molar-refractivity contribution in [2.75, 3.05) is 0 Å². The number of nitrogens with two attached hydrogens (primary N) is 1. The van der Waals surface area contributed by atoms with Crippen LogP contribution < -0.4 is 5.73 Å². The van der Waals surface area contributed by atoms with Gasteiger partial charge in [0.2, 0.25) is 5.89 Å². The number of hydrogen-bond donors (Lipinski definition) is 1. The molecule has 2 N–H and O–H groups in total. The molecule has 0 aliphatic heterocycles. The zero-order chi connectivity index (χ0) is 12.4. The van der Waals surface area contributed by atoms with Crippen LogP contribution in [0.3, 0.4) is 0 Å². The monoisotopic (exact) mass is 243 g/mol. The van der Waals surface area contributed by atoms with Crippen molar-refractivity contribution in [3.05, 3.63) is 47.6 Å². The lowest BCUT2D eigenvalue weighted by atomic mass is 10.1. The highest BCUT2D eigenvalue weighted by Crippen LogP contribution is 2.38. The standard InChI is InChI=1S/C14H17N3O/c15-13(11-7-8-11)14-16-12(18-17-14)9-6-10-4-2-1-3-5-10/h1-5,11,13H,6-9,15H2. The van der Waals surface area contributed by atoms with Gasteiger partial charge in [-0.3, -0.25) is 0 Å². The molecule has 18 heavy (non-hydrogen) atoms. The normalized spacial score (nSPS) is 16.7. The summed E-state index contributed by atoms with van der Waals surface area (Å²) >= 11 is 0. The van der Waals surface area contributed by atoms with Gasteiger partial charge in [0.1, 0.15) is 0 Å². The summed E-state index contributed by atoms with van der Waals surface area (Å²) in [5.41, 5.74) is 7.32. The molecule has 4 heteroatoms. The Morgan fingerprint density at radius 2 is 2.00 bits per heavy atom. The molecule has 0 spiro atoms. The van der Waals surface area contributed by atoms with E-state index in [0.29, 0.717) is 17.6 Å². The Balaban J connectivity index is 1.60. The van der Waals surface area contributed by atoms with Crippen LogP contribution in [0.4, 0.5) is 0 Å². The maximum absolute atomic E-state index is 6.04. The van der Waals surface area contributed by atoms with Gasteiger partial charge in [-0.2, -0.15) is 4.98 Å². The van der Waals surface area contributed by atoms with Crippen LogP contribution in [0.5, 0.6) is 0 Å². The van der Waals surface area contributed by atoms with E-state index >= 15 is 0 Å². The third-order valence-corrected chi connectivity index (χ3v) is 3.38. The van der Waals surface area contributed by atoms with E-state index in [9.17, 15) is 0 Å². The Labute approximate surface area is 106 Å². The molecule has 94 valence electrons. The van der Waals surface area contributed by atoms with Crippen LogP contribution in [0.25, 0.3) is 0 Å². The minimum atomic E-state index is -0.0424. The lowest BCUT2D eigenvalue weighted by molar-refractivity contribution is 0.367. The first kappa shape index (κ1) is 11.4. The van der Waals surface area contributed by atoms with Gasteiger partial charge < -0.3 is 10.3 Å². The highest BCUT2D eigenvalue weighted by molar-refractivity contribution is 5.15. The molecule has 4 nitrogen and oxygen atoms in total. The van der Waals surface area contributed by atoms with Crippen molar-refractivity contribution in [3.63, 3.8) is 0 Å². The predicted octanol–water partition coefficient (Wildman–Crippen LogP) is 2.26. The van der Waals surface area contributed by atoms with Crippen LogP contribution in [0.15, 0.2) is 34.9 Å². The molecule has 1 fully saturated rings. The molecular weight excluding hydrogens is 226 g/mol. The van der Waals surface area contributed by atoms with Gasteiger partial charge in [0, 0.05) is 6.42 Å². The van der Waals surface area contributed by atoms with Crippen LogP contribution >= 0.6 is 0 Å². The van der Waals surface area contributed by atoms with E-state index in [-0.39, 0.29) is 6.04 Å². The summed E-state index contributed by atoms with van der Waals surface area (Å²) in [4.78, 5) is 4.38. The van der Waals surface area contributed by atoms with Crippen LogP contribution in [0.2, 0.25) is 0 Å². The minimum Gasteiger partial charge on any atom is -0.339 e. The van der Waals surface area contributed by atoms with Gasteiger partial charge in [-0.25, -0.2) is 0 Å². The Morgan fingerprint density at radius 3 is 2.72 bits per heavy atom. The number of benzene rings is 1. The Morgan fingerprint density at radius 1 is 1.22 bits per heavy atom. The van der Waals surface area contributed by atoms with Crippen LogP contribution in [0.1, 0.15) is 36.2 Å². The van der Waals surface area contributed by atoms with Crippen LogP contribution in [-0.2, 0) is 12.8 Å². The van der Waals surface area contributed by atoms with Crippen molar-refractivity contribution < 1.29 is 4.52 Å². The van der Waals surface area contributed by atoms with Gasteiger partial charge in [0.05, 0.1) is 6.04 Å².